The second-order valence-corrected chi connectivity index (χ2v) is 7.19. The Balaban J connectivity index is 0.00000210. The normalized spacial score (nSPS) is 16.5. The van der Waals surface area contributed by atoms with E-state index < -0.39 is 0 Å². The Bertz CT molecular complexity index is 951. The van der Waals surface area contributed by atoms with Crippen molar-refractivity contribution in [1.29, 1.82) is 0 Å². The van der Waals surface area contributed by atoms with E-state index in [2.05, 4.69) is 62.6 Å². The van der Waals surface area contributed by atoms with Gasteiger partial charge in [0, 0.05) is 16.7 Å². The fraction of sp³-hybridized carbons (Fsp3) is 0.217. The summed E-state index contributed by atoms with van der Waals surface area (Å²) in [6.45, 7) is 0. The summed E-state index contributed by atoms with van der Waals surface area (Å²) in [5, 5.41) is 0. The molecule has 0 saturated heterocycles. The van der Waals surface area contributed by atoms with Gasteiger partial charge in [-0.05, 0) is 60.2 Å². The Labute approximate surface area is 167 Å². The molecule has 1 atom stereocenters. The van der Waals surface area contributed by atoms with Gasteiger partial charge >= 0.3 is 0 Å². The van der Waals surface area contributed by atoms with Gasteiger partial charge in [0.1, 0.15) is 23.2 Å². The molecule has 0 amide bonds. The predicted molar refractivity (Wildman–Crippen MR) is 107 cm³/mol. The molecule has 4 rings (SSSR count). The van der Waals surface area contributed by atoms with Crippen LogP contribution in [0.4, 0.5) is 5.69 Å². The molecule has 140 valence electrons. The molecule has 0 fully saturated rings. The number of hydrogen-bond acceptors (Lipinski definition) is 2. The van der Waals surface area contributed by atoms with Gasteiger partial charge in [0.15, 0.2) is 0 Å². The molecule has 0 radical (unpaired) electrons. The summed E-state index contributed by atoms with van der Waals surface area (Å²) < 4.78 is 11.6. The summed E-state index contributed by atoms with van der Waals surface area (Å²) in [7, 11) is 7.97. The lowest BCUT2D eigenvalue weighted by Gasteiger charge is -2.43. The van der Waals surface area contributed by atoms with Crippen molar-refractivity contribution in [3.8, 4) is 22.6 Å². The van der Waals surface area contributed by atoms with Crippen LogP contribution >= 0.6 is 0 Å². The van der Waals surface area contributed by atoms with E-state index in [1.165, 1.54) is 27.9 Å². The van der Waals surface area contributed by atoms with Crippen molar-refractivity contribution in [3.05, 3.63) is 77.9 Å². The molecule has 27 heavy (non-hydrogen) atoms. The van der Waals surface area contributed by atoms with E-state index in [0.29, 0.717) is 0 Å². The lowest BCUT2D eigenvalue weighted by Crippen LogP contribution is -3.00. The molecule has 1 aliphatic heterocycles. The smallest absolute Gasteiger partial charge is 0.145 e. The average Bonchev–Trinajstić information content (AvgIpc) is 2.68. The molecule has 3 nitrogen and oxygen atoms in total. The molecular weight excluding hydrogens is 358 g/mol. The first kappa shape index (κ1) is 19.3. The topological polar surface area (TPSA) is 18.5 Å². The fourth-order valence-corrected chi connectivity index (χ4v) is 4.17. The van der Waals surface area contributed by atoms with Crippen LogP contribution in [0.2, 0.25) is 0 Å². The van der Waals surface area contributed by atoms with Gasteiger partial charge in [-0.25, -0.2) is 0 Å². The van der Waals surface area contributed by atoms with Gasteiger partial charge in [-0.3, -0.25) is 4.48 Å². The van der Waals surface area contributed by atoms with Crippen molar-refractivity contribution < 1.29 is 21.9 Å². The summed E-state index contributed by atoms with van der Waals surface area (Å²) in [4.78, 5) is 0. The number of ether oxygens (including phenoxy) is 2. The Kier molecular flexibility index (Phi) is 5.18. The largest absolute Gasteiger partial charge is 1.00 e. The van der Waals surface area contributed by atoms with E-state index in [0.717, 1.165) is 16.0 Å². The van der Waals surface area contributed by atoms with Crippen LogP contribution in [0.25, 0.3) is 11.1 Å². The number of nitrogens with zero attached hydrogens (tertiary/aromatic N) is 1. The minimum absolute atomic E-state index is 0. The Morgan fingerprint density at radius 1 is 0.741 bits per heavy atom. The number of hydrogen-bond donors (Lipinski definition) is 0. The van der Waals surface area contributed by atoms with Crippen LogP contribution < -0.4 is 26.4 Å². The van der Waals surface area contributed by atoms with Crippen LogP contribution in [0.3, 0.4) is 0 Å². The predicted octanol–water partition coefficient (Wildman–Crippen LogP) is 2.04. The first-order valence-corrected chi connectivity index (χ1v) is 8.82. The quantitative estimate of drug-likeness (QED) is 0.646. The fourth-order valence-electron chi connectivity index (χ4n) is 4.17. The molecule has 1 unspecified atom stereocenters. The Morgan fingerprint density at radius 3 is 2.04 bits per heavy atom. The van der Waals surface area contributed by atoms with E-state index in [4.69, 9.17) is 9.47 Å². The van der Waals surface area contributed by atoms with Gasteiger partial charge < -0.3 is 21.9 Å². The number of quaternary nitrogens is 1. The number of fused-ring (bicyclic) bond motifs is 3. The molecule has 0 spiro atoms. The van der Waals surface area contributed by atoms with Crippen LogP contribution in [0.15, 0.2) is 66.7 Å². The lowest BCUT2D eigenvalue weighted by atomic mass is 9.83. The molecule has 3 aromatic carbocycles. The number of para-hydroxylation sites is 1. The molecule has 0 aliphatic carbocycles. The monoisotopic (exact) mass is 381 g/mol. The van der Waals surface area contributed by atoms with Crippen LogP contribution in [0, 0.1) is 0 Å². The second kappa shape index (κ2) is 7.26. The molecule has 0 N–H and O–H groups in total. The van der Waals surface area contributed by atoms with Gasteiger partial charge in [-0.2, -0.15) is 0 Å². The standard InChI is InChI=1S/C23H24NO2.ClH/c1-24(2)22-8-6-5-7-20(22)19-14-13-18(26-4)15-21(19)23(24)16-9-11-17(25-3)12-10-16;/h5-15,23H,1-4H3;1H/q+1;/p-1. The minimum atomic E-state index is 0. The van der Waals surface area contributed by atoms with Crippen LogP contribution in [-0.2, 0) is 0 Å². The SMILES string of the molecule is COc1ccc(C2c3cc(OC)ccc3-c3ccccc3[N+]2(C)C)cc1.[Cl-]. The van der Waals surface area contributed by atoms with Crippen molar-refractivity contribution in [2.75, 3.05) is 28.3 Å². The highest BCUT2D eigenvalue weighted by Crippen LogP contribution is 2.50. The number of benzene rings is 3. The zero-order chi connectivity index (χ0) is 18.3. The van der Waals surface area contributed by atoms with E-state index >= 15 is 0 Å². The third-order valence-electron chi connectivity index (χ3n) is 5.45. The third-order valence-corrected chi connectivity index (χ3v) is 5.45. The maximum Gasteiger partial charge on any atom is 0.145 e. The van der Waals surface area contributed by atoms with E-state index in [-0.39, 0.29) is 18.4 Å². The van der Waals surface area contributed by atoms with E-state index in [1.54, 1.807) is 14.2 Å². The molecule has 0 aromatic heterocycles. The van der Waals surface area contributed by atoms with Crippen LogP contribution in [-0.4, -0.2) is 28.3 Å². The van der Waals surface area contributed by atoms with Crippen LogP contribution in [0.5, 0.6) is 11.5 Å². The van der Waals surface area contributed by atoms with Crippen molar-refractivity contribution in [1.82, 2.24) is 4.48 Å². The highest BCUT2D eigenvalue weighted by molar-refractivity contribution is 5.84. The third kappa shape index (κ3) is 3.07. The first-order chi connectivity index (χ1) is 12.6. The lowest BCUT2D eigenvalue weighted by molar-refractivity contribution is -0.00000597. The summed E-state index contributed by atoms with van der Waals surface area (Å²) in [5.74, 6) is 1.77. The van der Waals surface area contributed by atoms with Gasteiger partial charge in [0.25, 0.3) is 0 Å². The van der Waals surface area contributed by atoms with Crippen molar-refractivity contribution >= 4 is 5.69 Å². The van der Waals surface area contributed by atoms with E-state index in [1.807, 2.05) is 18.2 Å². The van der Waals surface area contributed by atoms with Gasteiger partial charge in [-0.15, -0.1) is 0 Å². The Hall–Kier alpha value is -2.49. The maximum absolute atomic E-state index is 5.53. The summed E-state index contributed by atoms with van der Waals surface area (Å²) >= 11 is 0. The van der Waals surface area contributed by atoms with Crippen LogP contribution in [0.1, 0.15) is 17.2 Å². The molecule has 1 aliphatic rings. The average molecular weight is 382 g/mol. The highest BCUT2D eigenvalue weighted by Gasteiger charge is 2.41. The summed E-state index contributed by atoms with van der Waals surface area (Å²) in [6, 6.07) is 23.7. The number of halogens is 1. The maximum atomic E-state index is 5.53. The minimum Gasteiger partial charge on any atom is -1.00 e. The van der Waals surface area contributed by atoms with Crippen molar-refractivity contribution in [3.63, 3.8) is 0 Å². The summed E-state index contributed by atoms with van der Waals surface area (Å²) in [5.41, 5.74) is 6.45. The number of rotatable bonds is 3. The molecule has 0 saturated carbocycles. The molecule has 3 aromatic rings. The van der Waals surface area contributed by atoms with Crippen molar-refractivity contribution in [2.45, 2.75) is 6.04 Å². The molecular formula is C23H24ClNO2. The second-order valence-electron chi connectivity index (χ2n) is 7.19. The van der Waals surface area contributed by atoms with Crippen molar-refractivity contribution in [2.24, 2.45) is 0 Å². The van der Waals surface area contributed by atoms with Gasteiger partial charge in [-0.1, -0.05) is 12.1 Å². The van der Waals surface area contributed by atoms with Gasteiger partial charge in [0.2, 0.25) is 0 Å². The highest BCUT2D eigenvalue weighted by atomic mass is 35.5. The molecule has 0 bridgehead atoms. The summed E-state index contributed by atoms with van der Waals surface area (Å²) in [6.07, 6.45) is 0. The van der Waals surface area contributed by atoms with Gasteiger partial charge in [0.05, 0.1) is 28.3 Å². The first-order valence-electron chi connectivity index (χ1n) is 8.82. The molecule has 4 heteroatoms. The Morgan fingerprint density at radius 2 is 1.37 bits per heavy atom. The van der Waals surface area contributed by atoms with E-state index in [9.17, 15) is 0 Å². The zero-order valence-corrected chi connectivity index (χ0v) is 16.8. The number of methoxy groups -OCH3 is 2. The molecule has 1 heterocycles. The zero-order valence-electron chi connectivity index (χ0n) is 16.1.